The van der Waals surface area contributed by atoms with Gasteiger partial charge in [0.15, 0.2) is 0 Å². The third kappa shape index (κ3) is 1.65. The SMILES string of the molecule is Cc1c(C(O)c2cccnc2N)cnn1C. The van der Waals surface area contributed by atoms with Crippen molar-refractivity contribution in [2.75, 3.05) is 5.73 Å². The van der Waals surface area contributed by atoms with E-state index in [0.717, 1.165) is 11.3 Å². The molecule has 0 spiro atoms. The van der Waals surface area contributed by atoms with Crippen LogP contribution in [0.5, 0.6) is 0 Å². The van der Waals surface area contributed by atoms with Gasteiger partial charge in [-0.05, 0) is 13.0 Å². The number of nitrogen functional groups attached to an aromatic ring is 1. The highest BCUT2D eigenvalue weighted by Gasteiger charge is 2.18. The highest BCUT2D eigenvalue weighted by atomic mass is 16.3. The van der Waals surface area contributed by atoms with Crippen LogP contribution in [0, 0.1) is 6.92 Å². The maximum absolute atomic E-state index is 10.2. The summed E-state index contributed by atoms with van der Waals surface area (Å²) in [7, 11) is 1.83. The van der Waals surface area contributed by atoms with Crippen LogP contribution in [0.4, 0.5) is 5.82 Å². The van der Waals surface area contributed by atoms with Crippen LogP contribution in [0.2, 0.25) is 0 Å². The first kappa shape index (κ1) is 10.6. The minimum absolute atomic E-state index is 0.346. The Morgan fingerprint density at radius 2 is 2.19 bits per heavy atom. The summed E-state index contributed by atoms with van der Waals surface area (Å²) in [6.07, 6.45) is 2.47. The van der Waals surface area contributed by atoms with Crippen LogP contribution in [-0.2, 0) is 7.05 Å². The van der Waals surface area contributed by atoms with Gasteiger partial charge in [-0.2, -0.15) is 5.10 Å². The molecular formula is C11H14N4O. The first-order valence-electron chi connectivity index (χ1n) is 4.98. The Morgan fingerprint density at radius 3 is 2.75 bits per heavy atom. The lowest BCUT2D eigenvalue weighted by atomic mass is 10.0. The minimum Gasteiger partial charge on any atom is -0.383 e. The lowest BCUT2D eigenvalue weighted by Gasteiger charge is -2.12. The molecule has 2 aromatic heterocycles. The van der Waals surface area contributed by atoms with E-state index >= 15 is 0 Å². The summed E-state index contributed by atoms with van der Waals surface area (Å²) in [6, 6.07) is 3.51. The molecule has 5 heteroatoms. The van der Waals surface area contributed by atoms with Crippen molar-refractivity contribution in [3.63, 3.8) is 0 Å². The van der Waals surface area contributed by atoms with Crippen molar-refractivity contribution in [1.82, 2.24) is 14.8 Å². The van der Waals surface area contributed by atoms with E-state index in [2.05, 4.69) is 10.1 Å². The second-order valence-electron chi connectivity index (χ2n) is 3.69. The quantitative estimate of drug-likeness (QED) is 0.781. The second-order valence-corrected chi connectivity index (χ2v) is 3.69. The predicted molar refractivity (Wildman–Crippen MR) is 60.7 cm³/mol. The Bertz CT molecular complexity index is 506. The van der Waals surface area contributed by atoms with Crippen molar-refractivity contribution >= 4 is 5.82 Å². The van der Waals surface area contributed by atoms with E-state index in [-0.39, 0.29) is 0 Å². The molecule has 2 heterocycles. The van der Waals surface area contributed by atoms with Crippen LogP contribution < -0.4 is 5.73 Å². The summed E-state index contributed by atoms with van der Waals surface area (Å²) in [5, 5.41) is 14.3. The topological polar surface area (TPSA) is 77.0 Å². The standard InChI is InChI=1S/C11H14N4O/c1-7-9(6-14-15(7)2)10(16)8-4-3-5-13-11(8)12/h3-6,10,16H,1-2H3,(H2,12,13). The molecule has 3 N–H and O–H groups in total. The number of nitrogens with zero attached hydrogens (tertiary/aromatic N) is 3. The number of aliphatic hydroxyl groups excluding tert-OH is 1. The maximum Gasteiger partial charge on any atom is 0.129 e. The third-order valence-corrected chi connectivity index (χ3v) is 2.73. The Morgan fingerprint density at radius 1 is 1.44 bits per heavy atom. The van der Waals surface area contributed by atoms with Crippen LogP contribution >= 0.6 is 0 Å². The molecule has 0 aliphatic rings. The molecule has 0 aliphatic heterocycles. The number of rotatable bonds is 2. The number of anilines is 1. The molecule has 1 atom stereocenters. The monoisotopic (exact) mass is 218 g/mol. The number of aromatic nitrogens is 3. The van der Waals surface area contributed by atoms with Crippen molar-refractivity contribution in [2.24, 2.45) is 7.05 Å². The van der Waals surface area contributed by atoms with Gasteiger partial charge in [0.2, 0.25) is 0 Å². The van der Waals surface area contributed by atoms with Gasteiger partial charge in [0, 0.05) is 30.1 Å². The van der Waals surface area contributed by atoms with Gasteiger partial charge in [0.05, 0.1) is 6.20 Å². The Balaban J connectivity index is 2.43. The Kier molecular flexibility index (Phi) is 2.62. The lowest BCUT2D eigenvalue weighted by Crippen LogP contribution is -2.06. The molecule has 5 nitrogen and oxygen atoms in total. The fourth-order valence-corrected chi connectivity index (χ4v) is 1.61. The van der Waals surface area contributed by atoms with Gasteiger partial charge in [0.25, 0.3) is 0 Å². The first-order valence-corrected chi connectivity index (χ1v) is 4.98. The molecule has 0 aromatic carbocycles. The molecule has 1 unspecified atom stereocenters. The van der Waals surface area contributed by atoms with E-state index in [4.69, 9.17) is 5.73 Å². The van der Waals surface area contributed by atoms with Crippen molar-refractivity contribution in [2.45, 2.75) is 13.0 Å². The van der Waals surface area contributed by atoms with Crippen molar-refractivity contribution in [1.29, 1.82) is 0 Å². The number of hydrogen-bond donors (Lipinski definition) is 2. The number of pyridine rings is 1. The molecule has 0 aliphatic carbocycles. The Labute approximate surface area is 93.5 Å². The van der Waals surface area contributed by atoms with E-state index in [1.54, 1.807) is 29.2 Å². The van der Waals surface area contributed by atoms with Gasteiger partial charge in [-0.1, -0.05) is 6.07 Å². The van der Waals surface area contributed by atoms with E-state index in [1.165, 1.54) is 0 Å². The van der Waals surface area contributed by atoms with E-state index in [9.17, 15) is 5.11 Å². The predicted octanol–water partition coefficient (Wildman–Crippen LogP) is 0.787. The molecule has 16 heavy (non-hydrogen) atoms. The smallest absolute Gasteiger partial charge is 0.129 e. The van der Waals surface area contributed by atoms with Gasteiger partial charge in [0.1, 0.15) is 11.9 Å². The summed E-state index contributed by atoms with van der Waals surface area (Å²) < 4.78 is 1.71. The van der Waals surface area contributed by atoms with Gasteiger partial charge in [-0.25, -0.2) is 4.98 Å². The lowest BCUT2D eigenvalue weighted by molar-refractivity contribution is 0.220. The summed E-state index contributed by atoms with van der Waals surface area (Å²) >= 11 is 0. The first-order chi connectivity index (χ1) is 7.61. The molecule has 0 radical (unpaired) electrons. The highest BCUT2D eigenvalue weighted by Crippen LogP contribution is 2.26. The molecule has 0 saturated heterocycles. The van der Waals surface area contributed by atoms with E-state index < -0.39 is 6.10 Å². The molecule has 0 bridgehead atoms. The zero-order valence-electron chi connectivity index (χ0n) is 9.25. The molecule has 2 rings (SSSR count). The zero-order chi connectivity index (χ0) is 11.7. The molecule has 0 amide bonds. The summed E-state index contributed by atoms with van der Waals surface area (Å²) in [5.74, 6) is 0.346. The van der Waals surface area contributed by atoms with Crippen LogP contribution in [0.15, 0.2) is 24.5 Å². The fraction of sp³-hybridized carbons (Fsp3) is 0.273. The number of aliphatic hydroxyl groups is 1. The molecule has 84 valence electrons. The third-order valence-electron chi connectivity index (χ3n) is 2.73. The summed E-state index contributed by atoms with van der Waals surface area (Å²) in [6.45, 7) is 1.90. The van der Waals surface area contributed by atoms with Crippen LogP contribution in [-0.4, -0.2) is 19.9 Å². The average molecular weight is 218 g/mol. The summed E-state index contributed by atoms with van der Waals surface area (Å²) in [5.41, 5.74) is 7.99. The number of aryl methyl sites for hydroxylation is 1. The van der Waals surface area contributed by atoms with Crippen LogP contribution in [0.1, 0.15) is 22.9 Å². The highest BCUT2D eigenvalue weighted by molar-refractivity contribution is 5.44. The van der Waals surface area contributed by atoms with Gasteiger partial charge in [-0.15, -0.1) is 0 Å². The summed E-state index contributed by atoms with van der Waals surface area (Å²) in [4.78, 5) is 3.95. The van der Waals surface area contributed by atoms with Crippen molar-refractivity contribution in [3.05, 3.63) is 41.3 Å². The molecular weight excluding hydrogens is 204 g/mol. The zero-order valence-corrected chi connectivity index (χ0v) is 9.25. The van der Waals surface area contributed by atoms with Crippen molar-refractivity contribution < 1.29 is 5.11 Å². The van der Waals surface area contributed by atoms with E-state index in [0.29, 0.717) is 11.4 Å². The van der Waals surface area contributed by atoms with Gasteiger partial charge in [-0.3, -0.25) is 4.68 Å². The number of hydrogen-bond acceptors (Lipinski definition) is 4. The molecule has 2 aromatic rings. The maximum atomic E-state index is 10.2. The normalized spacial score (nSPS) is 12.7. The Hall–Kier alpha value is -1.88. The van der Waals surface area contributed by atoms with Gasteiger partial charge < -0.3 is 10.8 Å². The average Bonchev–Trinajstić information content (AvgIpc) is 2.60. The van der Waals surface area contributed by atoms with E-state index in [1.807, 2.05) is 14.0 Å². The van der Waals surface area contributed by atoms with Crippen LogP contribution in [0.3, 0.4) is 0 Å². The molecule has 0 saturated carbocycles. The fourth-order valence-electron chi connectivity index (χ4n) is 1.61. The van der Waals surface area contributed by atoms with Crippen LogP contribution in [0.25, 0.3) is 0 Å². The van der Waals surface area contributed by atoms with Gasteiger partial charge >= 0.3 is 0 Å². The second kappa shape index (κ2) is 3.94. The number of nitrogens with two attached hydrogens (primary N) is 1. The van der Waals surface area contributed by atoms with Crippen molar-refractivity contribution in [3.8, 4) is 0 Å². The molecule has 0 fully saturated rings. The minimum atomic E-state index is -0.776. The largest absolute Gasteiger partial charge is 0.383 e.